The van der Waals surface area contributed by atoms with E-state index in [-0.39, 0.29) is 29.1 Å². The van der Waals surface area contributed by atoms with Crippen molar-refractivity contribution in [3.8, 4) is 34.5 Å². The van der Waals surface area contributed by atoms with Crippen molar-refractivity contribution in [2.75, 3.05) is 39.5 Å². The molecule has 0 unspecified atom stereocenters. The molecule has 0 aliphatic carbocycles. The Kier molecular flexibility index (Phi) is 5.80. The van der Waals surface area contributed by atoms with Crippen LogP contribution in [0.4, 0.5) is 0 Å². The number of phenolic OH excluding ortho intramolecular Hbond substituents is 1. The Morgan fingerprint density at radius 3 is 2.66 bits per heavy atom. The van der Waals surface area contributed by atoms with Gasteiger partial charge in [-0.05, 0) is 17.7 Å². The van der Waals surface area contributed by atoms with Crippen LogP contribution in [0.25, 0.3) is 22.1 Å². The van der Waals surface area contributed by atoms with Gasteiger partial charge in [-0.15, -0.1) is 0 Å². The van der Waals surface area contributed by atoms with Gasteiger partial charge in [-0.25, -0.2) is 0 Å². The molecule has 1 fully saturated rings. The highest BCUT2D eigenvalue weighted by Gasteiger charge is 2.15. The average Bonchev–Trinajstić information content (AvgIpc) is 2.77. The highest BCUT2D eigenvalue weighted by Crippen LogP contribution is 2.34. The van der Waals surface area contributed by atoms with Gasteiger partial charge in [0, 0.05) is 13.1 Å². The van der Waals surface area contributed by atoms with E-state index in [1.807, 2.05) is 30.3 Å². The van der Waals surface area contributed by atoms with Gasteiger partial charge in [0.05, 0.1) is 30.7 Å². The summed E-state index contributed by atoms with van der Waals surface area (Å²) in [6.45, 7) is 4.03. The zero-order valence-electron chi connectivity index (χ0n) is 15.9. The molecule has 2 heterocycles. The molecule has 0 atom stereocenters. The topological polar surface area (TPSA) is 72.1 Å². The molecule has 0 amide bonds. The molecule has 148 valence electrons. The summed E-state index contributed by atoms with van der Waals surface area (Å²) in [5.41, 5.74) is 1.11. The fourth-order valence-corrected chi connectivity index (χ4v) is 3.19. The zero-order chi connectivity index (χ0) is 20.1. The second-order valence-electron chi connectivity index (χ2n) is 6.66. The van der Waals surface area contributed by atoms with Crippen LogP contribution in [0.2, 0.25) is 0 Å². The molecule has 0 radical (unpaired) electrons. The van der Waals surface area contributed by atoms with Gasteiger partial charge in [0.1, 0.15) is 12.9 Å². The van der Waals surface area contributed by atoms with Gasteiger partial charge in [0.2, 0.25) is 11.2 Å². The van der Waals surface area contributed by atoms with Gasteiger partial charge in [-0.2, -0.15) is 0 Å². The summed E-state index contributed by atoms with van der Waals surface area (Å²) in [5, 5.41) is 10.8. The number of aromatic hydroxyl groups is 1. The maximum atomic E-state index is 12.8. The van der Waals surface area contributed by atoms with Gasteiger partial charge in [-0.3, -0.25) is 9.69 Å². The smallest absolute Gasteiger partial charge is 0.202 e. The van der Waals surface area contributed by atoms with Crippen LogP contribution in [-0.2, 0) is 4.74 Å². The predicted octanol–water partition coefficient (Wildman–Crippen LogP) is 2.88. The van der Waals surface area contributed by atoms with Crippen molar-refractivity contribution < 1.29 is 19.0 Å². The number of fused-ring (bicyclic) bond motifs is 1. The summed E-state index contributed by atoms with van der Waals surface area (Å²) >= 11 is 0. The highest BCUT2D eigenvalue weighted by molar-refractivity contribution is 5.87. The van der Waals surface area contributed by atoms with Crippen LogP contribution in [0.15, 0.2) is 57.9 Å². The summed E-state index contributed by atoms with van der Waals surface area (Å²) in [4.78, 5) is 15.0. The molecular formula is C23H21NO5. The van der Waals surface area contributed by atoms with E-state index in [2.05, 4.69) is 16.7 Å². The van der Waals surface area contributed by atoms with Crippen LogP contribution in [-0.4, -0.2) is 49.5 Å². The maximum Gasteiger partial charge on any atom is 0.202 e. The van der Waals surface area contributed by atoms with Gasteiger partial charge < -0.3 is 19.0 Å². The molecule has 2 aromatic carbocycles. The lowest BCUT2D eigenvalue weighted by Crippen LogP contribution is -2.36. The number of benzene rings is 2. The Morgan fingerprint density at radius 1 is 1.07 bits per heavy atom. The first-order valence-electron chi connectivity index (χ1n) is 9.45. The molecular weight excluding hydrogens is 370 g/mol. The Bertz CT molecular complexity index is 1110. The number of phenols is 1. The Hall–Kier alpha value is -3.27. The summed E-state index contributed by atoms with van der Waals surface area (Å²) < 4.78 is 16.4. The number of nitrogens with zero attached hydrogens (tertiary/aromatic N) is 1. The fourth-order valence-electron chi connectivity index (χ4n) is 3.19. The van der Waals surface area contributed by atoms with E-state index in [0.717, 1.165) is 31.9 Å². The number of rotatable bonds is 4. The second kappa shape index (κ2) is 8.82. The molecule has 1 aliphatic heterocycles. The van der Waals surface area contributed by atoms with Crippen LogP contribution >= 0.6 is 0 Å². The second-order valence-corrected chi connectivity index (χ2v) is 6.66. The third-order valence-corrected chi connectivity index (χ3v) is 4.79. The molecule has 0 bridgehead atoms. The Morgan fingerprint density at radius 2 is 1.86 bits per heavy atom. The minimum Gasteiger partial charge on any atom is -0.502 e. The largest absolute Gasteiger partial charge is 0.502 e. The van der Waals surface area contributed by atoms with E-state index in [9.17, 15) is 9.90 Å². The van der Waals surface area contributed by atoms with E-state index in [4.69, 9.17) is 13.9 Å². The van der Waals surface area contributed by atoms with Crippen molar-refractivity contribution in [2.24, 2.45) is 0 Å². The SMILES string of the molecule is O=c1c(-c2ccccc2)coc2c(O)c(OCC#CCN3CCOCC3)ccc12. The van der Waals surface area contributed by atoms with Crippen LogP contribution in [0.3, 0.4) is 0 Å². The third-order valence-electron chi connectivity index (χ3n) is 4.79. The maximum absolute atomic E-state index is 12.8. The number of hydrogen-bond acceptors (Lipinski definition) is 6. The molecule has 1 saturated heterocycles. The summed E-state index contributed by atoms with van der Waals surface area (Å²) in [7, 11) is 0. The van der Waals surface area contributed by atoms with Gasteiger partial charge in [0.15, 0.2) is 11.3 Å². The van der Waals surface area contributed by atoms with Gasteiger partial charge >= 0.3 is 0 Å². The lowest BCUT2D eigenvalue weighted by molar-refractivity contribution is 0.0443. The first-order chi connectivity index (χ1) is 14.2. The minimum absolute atomic E-state index is 0.105. The molecule has 29 heavy (non-hydrogen) atoms. The summed E-state index contributed by atoms with van der Waals surface area (Å²) in [6.07, 6.45) is 1.37. The van der Waals surface area contributed by atoms with Crippen LogP contribution in [0.5, 0.6) is 11.5 Å². The zero-order valence-corrected chi connectivity index (χ0v) is 15.9. The fraction of sp³-hybridized carbons (Fsp3) is 0.261. The molecule has 4 rings (SSSR count). The molecule has 0 spiro atoms. The molecule has 6 heteroatoms. The van der Waals surface area contributed by atoms with Crippen molar-refractivity contribution in [3.63, 3.8) is 0 Å². The van der Waals surface area contributed by atoms with Crippen LogP contribution in [0.1, 0.15) is 0 Å². The predicted molar refractivity (Wildman–Crippen MR) is 110 cm³/mol. The summed E-state index contributed by atoms with van der Waals surface area (Å²) in [5.74, 6) is 6.03. The van der Waals surface area contributed by atoms with E-state index in [0.29, 0.717) is 17.5 Å². The van der Waals surface area contributed by atoms with Gasteiger partial charge in [0.25, 0.3) is 0 Å². The summed E-state index contributed by atoms with van der Waals surface area (Å²) in [6, 6.07) is 12.4. The van der Waals surface area contributed by atoms with Crippen molar-refractivity contribution in [2.45, 2.75) is 0 Å². The first kappa shape index (κ1) is 19.1. The van der Waals surface area contributed by atoms with Crippen molar-refractivity contribution in [3.05, 3.63) is 59.0 Å². The monoisotopic (exact) mass is 391 g/mol. The highest BCUT2D eigenvalue weighted by atomic mass is 16.5. The van der Waals surface area contributed by atoms with E-state index in [1.54, 1.807) is 12.1 Å². The number of ether oxygens (including phenoxy) is 2. The molecule has 1 N–H and O–H groups in total. The van der Waals surface area contributed by atoms with E-state index in [1.165, 1.54) is 6.26 Å². The molecule has 1 aliphatic rings. The van der Waals surface area contributed by atoms with Crippen molar-refractivity contribution in [1.82, 2.24) is 4.90 Å². The Balaban J connectivity index is 1.49. The van der Waals surface area contributed by atoms with Crippen molar-refractivity contribution >= 4 is 11.0 Å². The van der Waals surface area contributed by atoms with Crippen molar-refractivity contribution in [1.29, 1.82) is 0 Å². The third kappa shape index (κ3) is 4.27. The normalized spacial score (nSPS) is 14.3. The quantitative estimate of drug-likeness (QED) is 0.690. The van der Waals surface area contributed by atoms with E-state index >= 15 is 0 Å². The van der Waals surface area contributed by atoms with Crippen LogP contribution in [0, 0.1) is 11.8 Å². The molecule has 6 nitrogen and oxygen atoms in total. The first-order valence-corrected chi connectivity index (χ1v) is 9.45. The lowest BCUT2D eigenvalue weighted by Gasteiger charge is -2.24. The molecule has 0 saturated carbocycles. The number of hydrogen-bond donors (Lipinski definition) is 1. The standard InChI is InChI=1S/C23H21NO5/c25-21-18-8-9-20(28-13-5-4-10-24-11-14-27-15-12-24)22(26)23(18)29-16-19(21)17-6-2-1-3-7-17/h1-3,6-9,16,26H,10-15H2. The lowest BCUT2D eigenvalue weighted by atomic mass is 10.1. The number of morpholine rings is 1. The molecule has 1 aromatic heterocycles. The van der Waals surface area contributed by atoms with Crippen LogP contribution < -0.4 is 10.2 Å². The molecule has 3 aromatic rings. The van der Waals surface area contributed by atoms with Gasteiger partial charge in [-0.1, -0.05) is 42.2 Å². The minimum atomic E-state index is -0.204. The Labute approximate surface area is 168 Å². The van der Waals surface area contributed by atoms with E-state index < -0.39 is 0 Å². The average molecular weight is 391 g/mol.